The van der Waals surface area contributed by atoms with Crippen LogP contribution >= 0.6 is 23.2 Å². The van der Waals surface area contributed by atoms with E-state index in [1.807, 2.05) is 6.07 Å². The summed E-state index contributed by atoms with van der Waals surface area (Å²) in [5.41, 5.74) is 0.619. The minimum atomic E-state index is -0.266. The Morgan fingerprint density at radius 3 is 2.78 bits per heavy atom. The predicted molar refractivity (Wildman–Crippen MR) is 108 cm³/mol. The molecule has 0 aromatic heterocycles. The fraction of sp³-hybridized carbons (Fsp3) is 0.650. The molecule has 0 spiro atoms. The summed E-state index contributed by atoms with van der Waals surface area (Å²) in [5, 5.41) is 0.986. The van der Waals surface area contributed by atoms with Gasteiger partial charge < -0.3 is 14.4 Å². The molecule has 0 saturated carbocycles. The molecule has 150 valence electrons. The second-order valence-electron chi connectivity index (χ2n) is 7.68. The molecule has 1 aromatic carbocycles. The van der Waals surface area contributed by atoms with Gasteiger partial charge in [-0.25, -0.2) is 0 Å². The van der Waals surface area contributed by atoms with Gasteiger partial charge in [0.25, 0.3) is 0 Å². The number of benzene rings is 1. The fourth-order valence-corrected chi connectivity index (χ4v) is 4.68. The van der Waals surface area contributed by atoms with Gasteiger partial charge in [-0.15, -0.1) is 0 Å². The number of fused-ring (bicyclic) bond motifs is 1. The highest BCUT2D eigenvalue weighted by Gasteiger charge is 2.53. The number of hydrogen-bond acceptors (Lipinski definition) is 4. The molecule has 2 aliphatic heterocycles. The van der Waals surface area contributed by atoms with Gasteiger partial charge in [-0.2, -0.15) is 0 Å². The van der Waals surface area contributed by atoms with E-state index in [2.05, 4.69) is 23.6 Å². The van der Waals surface area contributed by atoms with Crippen molar-refractivity contribution in [2.75, 3.05) is 46.6 Å². The van der Waals surface area contributed by atoms with Gasteiger partial charge in [0, 0.05) is 32.7 Å². The number of carbonyl (C=O) groups is 1. The van der Waals surface area contributed by atoms with Crippen molar-refractivity contribution in [2.45, 2.75) is 31.8 Å². The molecule has 0 N–H and O–H groups in total. The number of methoxy groups -OCH3 is 1. The molecule has 1 aromatic rings. The van der Waals surface area contributed by atoms with Crippen LogP contribution in [0.1, 0.15) is 19.4 Å². The maximum atomic E-state index is 13.3. The summed E-state index contributed by atoms with van der Waals surface area (Å²) in [6, 6.07) is 5.57. The van der Waals surface area contributed by atoms with E-state index < -0.39 is 0 Å². The third-order valence-electron chi connectivity index (χ3n) is 6.17. The summed E-state index contributed by atoms with van der Waals surface area (Å²) in [6.45, 7) is 8.75. The van der Waals surface area contributed by atoms with Crippen LogP contribution in [-0.4, -0.2) is 73.9 Å². The van der Waals surface area contributed by atoms with E-state index in [0.29, 0.717) is 42.8 Å². The number of ether oxygens (including phenoxy) is 2. The van der Waals surface area contributed by atoms with Crippen molar-refractivity contribution in [3.63, 3.8) is 0 Å². The number of hydrogen-bond donors (Lipinski definition) is 0. The molecule has 2 fully saturated rings. The Bertz CT molecular complexity index is 687. The van der Waals surface area contributed by atoms with E-state index in [-0.39, 0.29) is 23.4 Å². The van der Waals surface area contributed by atoms with Crippen LogP contribution in [0.25, 0.3) is 0 Å². The normalized spacial score (nSPS) is 28.9. The van der Waals surface area contributed by atoms with Crippen molar-refractivity contribution in [3.8, 4) is 0 Å². The van der Waals surface area contributed by atoms with E-state index >= 15 is 0 Å². The zero-order valence-corrected chi connectivity index (χ0v) is 17.7. The molecular formula is C20H28Cl2N2O3. The van der Waals surface area contributed by atoms with E-state index in [1.165, 1.54) is 0 Å². The average Bonchev–Trinajstić information content (AvgIpc) is 2.63. The Hall–Kier alpha value is -0.850. The molecule has 0 aliphatic carbocycles. The van der Waals surface area contributed by atoms with Crippen LogP contribution in [0, 0.1) is 5.92 Å². The Labute approximate surface area is 171 Å². The molecule has 2 aliphatic rings. The molecule has 2 saturated heterocycles. The summed E-state index contributed by atoms with van der Waals surface area (Å²) in [6.07, 6.45) is 0.324. The Balaban J connectivity index is 1.81. The second kappa shape index (κ2) is 8.66. The minimum absolute atomic E-state index is 0.126. The van der Waals surface area contributed by atoms with E-state index in [0.717, 1.165) is 18.7 Å². The lowest BCUT2D eigenvalue weighted by molar-refractivity contribution is -0.171. The minimum Gasteiger partial charge on any atom is -0.383 e. The molecular weight excluding hydrogens is 387 g/mol. The number of nitrogens with zero attached hydrogens (tertiary/aromatic N) is 2. The van der Waals surface area contributed by atoms with Crippen molar-refractivity contribution in [1.29, 1.82) is 0 Å². The third-order valence-corrected chi connectivity index (χ3v) is 6.91. The second-order valence-corrected chi connectivity index (χ2v) is 8.49. The Morgan fingerprint density at radius 1 is 1.30 bits per heavy atom. The summed E-state index contributed by atoms with van der Waals surface area (Å²) < 4.78 is 11.1. The van der Waals surface area contributed by atoms with Crippen LogP contribution < -0.4 is 0 Å². The fourth-order valence-electron chi connectivity index (χ4n) is 4.36. The lowest BCUT2D eigenvalue weighted by atomic mass is 9.75. The summed E-state index contributed by atoms with van der Waals surface area (Å²) >= 11 is 12.1. The summed E-state index contributed by atoms with van der Waals surface area (Å²) in [5.74, 6) is 0.375. The topological polar surface area (TPSA) is 42.0 Å². The van der Waals surface area contributed by atoms with Crippen LogP contribution in [0.3, 0.4) is 0 Å². The standard InChI is InChI=1S/C20H28Cl2N2O3/c1-14-12-27-13-18-20(14,2)24(7-6-23(18)8-9-26-3)19(25)11-15-4-5-16(21)17(22)10-15/h4-5,10,14,18H,6-9,11-13H2,1-3H3. The first-order valence-corrected chi connectivity index (χ1v) is 10.2. The number of amides is 1. The van der Waals surface area contributed by atoms with Crippen LogP contribution in [0.2, 0.25) is 10.0 Å². The molecule has 5 nitrogen and oxygen atoms in total. The van der Waals surface area contributed by atoms with Crippen LogP contribution in [-0.2, 0) is 20.7 Å². The van der Waals surface area contributed by atoms with Gasteiger partial charge in [-0.1, -0.05) is 36.2 Å². The number of halogens is 2. The zero-order valence-electron chi connectivity index (χ0n) is 16.2. The number of piperazine rings is 1. The van der Waals surface area contributed by atoms with Gasteiger partial charge in [0.2, 0.25) is 5.91 Å². The summed E-state index contributed by atoms with van der Waals surface area (Å²) in [7, 11) is 1.72. The van der Waals surface area contributed by atoms with Crippen LogP contribution in [0.4, 0.5) is 0 Å². The molecule has 1 amide bonds. The average molecular weight is 415 g/mol. The smallest absolute Gasteiger partial charge is 0.227 e. The highest BCUT2D eigenvalue weighted by atomic mass is 35.5. The Kier molecular flexibility index (Phi) is 6.70. The lowest BCUT2D eigenvalue weighted by Gasteiger charge is -2.59. The van der Waals surface area contributed by atoms with Gasteiger partial charge in [0.15, 0.2) is 0 Å². The third kappa shape index (κ3) is 4.13. The Morgan fingerprint density at radius 2 is 2.07 bits per heavy atom. The molecule has 0 bridgehead atoms. The van der Waals surface area contributed by atoms with E-state index in [1.54, 1.807) is 19.2 Å². The zero-order chi connectivity index (χ0) is 19.6. The predicted octanol–water partition coefficient (Wildman–Crippen LogP) is 3.12. The molecule has 3 rings (SSSR count). The largest absolute Gasteiger partial charge is 0.383 e. The van der Waals surface area contributed by atoms with Crippen molar-refractivity contribution in [1.82, 2.24) is 9.80 Å². The van der Waals surface area contributed by atoms with Crippen molar-refractivity contribution >= 4 is 29.1 Å². The number of carbonyl (C=O) groups excluding carboxylic acids is 1. The number of rotatable bonds is 5. The van der Waals surface area contributed by atoms with Gasteiger partial charge in [0.05, 0.1) is 47.9 Å². The molecule has 3 atom stereocenters. The van der Waals surface area contributed by atoms with Gasteiger partial charge in [-0.05, 0) is 24.6 Å². The van der Waals surface area contributed by atoms with Crippen molar-refractivity contribution < 1.29 is 14.3 Å². The van der Waals surface area contributed by atoms with Crippen molar-refractivity contribution in [3.05, 3.63) is 33.8 Å². The monoisotopic (exact) mass is 414 g/mol. The van der Waals surface area contributed by atoms with Gasteiger partial charge in [0.1, 0.15) is 0 Å². The first-order chi connectivity index (χ1) is 12.9. The highest BCUT2D eigenvalue weighted by Crippen LogP contribution is 2.38. The highest BCUT2D eigenvalue weighted by molar-refractivity contribution is 6.42. The van der Waals surface area contributed by atoms with E-state index in [4.69, 9.17) is 32.7 Å². The maximum absolute atomic E-state index is 13.3. The molecule has 2 heterocycles. The summed E-state index contributed by atoms with van der Waals surface area (Å²) in [4.78, 5) is 17.7. The van der Waals surface area contributed by atoms with Crippen LogP contribution in [0.5, 0.6) is 0 Å². The van der Waals surface area contributed by atoms with Crippen molar-refractivity contribution in [2.24, 2.45) is 5.92 Å². The van der Waals surface area contributed by atoms with Crippen LogP contribution in [0.15, 0.2) is 18.2 Å². The van der Waals surface area contributed by atoms with Gasteiger partial charge >= 0.3 is 0 Å². The molecule has 27 heavy (non-hydrogen) atoms. The lowest BCUT2D eigenvalue weighted by Crippen LogP contribution is -2.74. The maximum Gasteiger partial charge on any atom is 0.227 e. The SMILES string of the molecule is COCCN1CCN(C(=O)Cc2ccc(Cl)c(Cl)c2)C2(C)C(C)COCC12. The molecule has 0 radical (unpaired) electrons. The molecule has 3 unspecified atom stereocenters. The molecule has 7 heteroatoms. The van der Waals surface area contributed by atoms with E-state index in [9.17, 15) is 4.79 Å². The van der Waals surface area contributed by atoms with Gasteiger partial charge in [-0.3, -0.25) is 9.69 Å². The first kappa shape index (κ1) is 20.9. The quantitative estimate of drug-likeness (QED) is 0.741. The first-order valence-electron chi connectivity index (χ1n) is 9.43.